The number of unbranched alkanes of at least 4 members (excludes halogenated alkanes) is 18. The van der Waals surface area contributed by atoms with Crippen LogP contribution in [0.4, 0.5) is 0 Å². The summed E-state index contributed by atoms with van der Waals surface area (Å²) < 4.78 is 0. The van der Waals surface area contributed by atoms with Crippen molar-refractivity contribution < 1.29 is 20.1 Å². The summed E-state index contributed by atoms with van der Waals surface area (Å²) in [6.07, 6.45) is 24.4. The zero-order valence-electron chi connectivity index (χ0n) is 24.6. The minimum Gasteiger partial charge on any atom is -0.394 e. The number of amides is 1. The zero-order chi connectivity index (χ0) is 27.0. The van der Waals surface area contributed by atoms with E-state index in [1.165, 1.54) is 109 Å². The molecular weight excluding hydrogens is 450 g/mol. The molecule has 4 atom stereocenters. The molecule has 0 unspecified atom stereocenters. The third-order valence-corrected chi connectivity index (χ3v) is 7.90. The molecule has 0 aliphatic rings. The van der Waals surface area contributed by atoms with E-state index in [9.17, 15) is 15.0 Å². The summed E-state index contributed by atoms with van der Waals surface area (Å²) in [5.41, 5.74) is 0. The van der Waals surface area contributed by atoms with Gasteiger partial charge in [-0.2, -0.15) is 0 Å². The lowest BCUT2D eigenvalue weighted by atomic mass is 9.89. The van der Waals surface area contributed by atoms with Crippen molar-refractivity contribution in [2.24, 2.45) is 11.8 Å². The van der Waals surface area contributed by atoms with Crippen molar-refractivity contribution in [3.8, 4) is 0 Å². The first kappa shape index (κ1) is 35.4. The van der Waals surface area contributed by atoms with E-state index in [-0.39, 0.29) is 18.4 Å². The standard InChI is InChI=1S/C31H63NO4/c1-5-6-7-8-9-10-11-12-13-14-15-16-17-18-19-20-21-22-23-24-30(35)32(4)25-27(2)31(36)28(3)29(34)26-33/h27-29,31,33-34,36H,5-26H2,1-4H3/t27-,28+,29+,31+/m0/s1. The molecule has 0 saturated carbocycles. The molecule has 3 N–H and O–H groups in total. The van der Waals surface area contributed by atoms with Crippen LogP contribution in [0, 0.1) is 11.8 Å². The molecule has 216 valence electrons. The van der Waals surface area contributed by atoms with Crippen molar-refractivity contribution in [3.05, 3.63) is 0 Å². The van der Waals surface area contributed by atoms with E-state index in [1.54, 1.807) is 18.9 Å². The smallest absolute Gasteiger partial charge is 0.222 e. The highest BCUT2D eigenvalue weighted by molar-refractivity contribution is 5.75. The van der Waals surface area contributed by atoms with Crippen LogP contribution in [0.5, 0.6) is 0 Å². The molecule has 0 aromatic rings. The molecule has 0 aliphatic heterocycles. The maximum atomic E-state index is 12.4. The Hall–Kier alpha value is -0.650. The zero-order valence-corrected chi connectivity index (χ0v) is 24.6. The van der Waals surface area contributed by atoms with Gasteiger partial charge in [0.2, 0.25) is 5.91 Å². The van der Waals surface area contributed by atoms with Crippen LogP contribution in [-0.4, -0.2) is 58.5 Å². The number of carbonyl (C=O) groups is 1. The lowest BCUT2D eigenvalue weighted by molar-refractivity contribution is -0.131. The second-order valence-electron chi connectivity index (χ2n) is 11.5. The van der Waals surface area contributed by atoms with E-state index < -0.39 is 18.1 Å². The molecule has 0 bridgehead atoms. The monoisotopic (exact) mass is 513 g/mol. The second-order valence-corrected chi connectivity index (χ2v) is 11.5. The Bertz CT molecular complexity index is 487. The number of aliphatic hydroxyl groups excluding tert-OH is 3. The van der Waals surface area contributed by atoms with Gasteiger partial charge in [0.05, 0.1) is 18.8 Å². The van der Waals surface area contributed by atoms with Crippen LogP contribution >= 0.6 is 0 Å². The van der Waals surface area contributed by atoms with Crippen molar-refractivity contribution in [3.63, 3.8) is 0 Å². The Balaban J connectivity index is 3.51. The summed E-state index contributed by atoms with van der Waals surface area (Å²) in [7, 11) is 1.79. The molecule has 0 aromatic heterocycles. The van der Waals surface area contributed by atoms with Crippen molar-refractivity contribution in [2.45, 2.75) is 161 Å². The highest BCUT2D eigenvalue weighted by Crippen LogP contribution is 2.18. The first-order valence-electron chi connectivity index (χ1n) is 15.6. The first-order valence-corrected chi connectivity index (χ1v) is 15.6. The van der Waals surface area contributed by atoms with E-state index in [1.807, 2.05) is 6.92 Å². The van der Waals surface area contributed by atoms with Gasteiger partial charge in [0.15, 0.2) is 0 Å². The first-order chi connectivity index (χ1) is 17.3. The van der Waals surface area contributed by atoms with Crippen LogP contribution in [0.25, 0.3) is 0 Å². The fourth-order valence-electron chi connectivity index (χ4n) is 5.10. The van der Waals surface area contributed by atoms with Gasteiger partial charge in [-0.05, 0) is 12.3 Å². The van der Waals surface area contributed by atoms with E-state index in [2.05, 4.69) is 6.92 Å². The Kier molecular flexibility index (Phi) is 24.2. The number of rotatable bonds is 26. The van der Waals surface area contributed by atoms with E-state index in [0.717, 1.165) is 12.8 Å². The molecule has 0 saturated heterocycles. The quantitative estimate of drug-likeness (QED) is 0.106. The number of hydrogen-bond acceptors (Lipinski definition) is 4. The minimum absolute atomic E-state index is 0.122. The van der Waals surface area contributed by atoms with Crippen molar-refractivity contribution in [2.75, 3.05) is 20.2 Å². The third-order valence-electron chi connectivity index (χ3n) is 7.90. The number of carbonyl (C=O) groups excluding carboxylic acids is 1. The van der Waals surface area contributed by atoms with E-state index in [4.69, 9.17) is 5.11 Å². The Morgan fingerprint density at radius 3 is 1.39 bits per heavy atom. The van der Waals surface area contributed by atoms with Gasteiger partial charge in [0.25, 0.3) is 0 Å². The third kappa shape index (κ3) is 19.5. The predicted molar refractivity (Wildman–Crippen MR) is 153 cm³/mol. The van der Waals surface area contributed by atoms with Crippen LogP contribution in [0.15, 0.2) is 0 Å². The molecule has 0 aromatic carbocycles. The maximum Gasteiger partial charge on any atom is 0.222 e. The molecule has 5 nitrogen and oxygen atoms in total. The molecule has 0 aliphatic carbocycles. The summed E-state index contributed by atoms with van der Waals surface area (Å²) in [5.74, 6) is -0.454. The average Bonchev–Trinajstić information content (AvgIpc) is 2.88. The molecule has 0 fully saturated rings. The highest BCUT2D eigenvalue weighted by Gasteiger charge is 2.28. The van der Waals surface area contributed by atoms with Crippen LogP contribution < -0.4 is 0 Å². The second kappa shape index (κ2) is 24.7. The van der Waals surface area contributed by atoms with Gasteiger partial charge in [-0.15, -0.1) is 0 Å². The fourth-order valence-corrected chi connectivity index (χ4v) is 5.10. The van der Waals surface area contributed by atoms with Crippen LogP contribution in [0.2, 0.25) is 0 Å². The van der Waals surface area contributed by atoms with Crippen LogP contribution in [0.1, 0.15) is 149 Å². The molecule has 1 amide bonds. The Morgan fingerprint density at radius 1 is 0.667 bits per heavy atom. The normalized spacial score (nSPS) is 15.0. The number of aliphatic hydroxyl groups is 3. The van der Waals surface area contributed by atoms with Crippen molar-refractivity contribution in [1.82, 2.24) is 4.90 Å². The largest absolute Gasteiger partial charge is 0.394 e. The Labute approximate surface area is 224 Å². The summed E-state index contributed by atoms with van der Waals surface area (Å²) in [4.78, 5) is 14.1. The molecule has 0 heterocycles. The van der Waals surface area contributed by atoms with Gasteiger partial charge in [-0.25, -0.2) is 0 Å². The number of nitrogens with zero attached hydrogens (tertiary/aromatic N) is 1. The van der Waals surface area contributed by atoms with Gasteiger partial charge in [-0.1, -0.05) is 136 Å². The van der Waals surface area contributed by atoms with E-state index >= 15 is 0 Å². The summed E-state index contributed by atoms with van der Waals surface area (Å²) in [5, 5.41) is 29.1. The molecule has 0 rings (SSSR count). The van der Waals surface area contributed by atoms with Crippen molar-refractivity contribution in [1.29, 1.82) is 0 Å². The SMILES string of the molecule is CCCCCCCCCCCCCCCCCCCCCC(=O)N(C)C[C@H](C)[C@@H](O)[C@H](C)[C@H](O)CO. The minimum atomic E-state index is -0.937. The molecule has 0 radical (unpaired) electrons. The lowest BCUT2D eigenvalue weighted by Gasteiger charge is -2.30. The molecule has 5 heteroatoms. The summed E-state index contributed by atoms with van der Waals surface area (Å²) in [6, 6.07) is 0. The van der Waals surface area contributed by atoms with Gasteiger partial charge in [0.1, 0.15) is 0 Å². The van der Waals surface area contributed by atoms with Gasteiger partial charge >= 0.3 is 0 Å². The maximum absolute atomic E-state index is 12.4. The molecular formula is C31H63NO4. The van der Waals surface area contributed by atoms with E-state index in [0.29, 0.717) is 13.0 Å². The molecule has 0 spiro atoms. The van der Waals surface area contributed by atoms with Gasteiger partial charge in [0, 0.05) is 25.9 Å². The van der Waals surface area contributed by atoms with Gasteiger partial charge < -0.3 is 20.2 Å². The lowest BCUT2D eigenvalue weighted by Crippen LogP contribution is -2.41. The topological polar surface area (TPSA) is 81.0 Å². The van der Waals surface area contributed by atoms with Crippen molar-refractivity contribution >= 4 is 5.91 Å². The van der Waals surface area contributed by atoms with Crippen LogP contribution in [0.3, 0.4) is 0 Å². The summed E-state index contributed by atoms with van der Waals surface area (Å²) in [6.45, 7) is 5.99. The predicted octanol–water partition coefficient (Wildman–Crippen LogP) is 7.25. The number of hydrogen-bond donors (Lipinski definition) is 3. The highest BCUT2D eigenvalue weighted by atomic mass is 16.3. The summed E-state index contributed by atoms with van der Waals surface area (Å²) >= 11 is 0. The molecule has 36 heavy (non-hydrogen) atoms. The van der Waals surface area contributed by atoms with Crippen LogP contribution in [-0.2, 0) is 4.79 Å². The average molecular weight is 514 g/mol. The van der Waals surface area contributed by atoms with Gasteiger partial charge in [-0.3, -0.25) is 4.79 Å². The fraction of sp³-hybridized carbons (Fsp3) is 0.968. The Morgan fingerprint density at radius 2 is 1.03 bits per heavy atom.